The number of nitrogens with one attached hydrogen (secondary N) is 1. The van der Waals surface area contributed by atoms with E-state index < -0.39 is 17.7 Å². The second kappa shape index (κ2) is 12.6. The highest BCUT2D eigenvalue weighted by molar-refractivity contribution is 6.30. The summed E-state index contributed by atoms with van der Waals surface area (Å²) in [6.07, 6.45) is 5.14. The van der Waals surface area contributed by atoms with Crippen LogP contribution in [-0.4, -0.2) is 54.2 Å². The average Bonchev–Trinajstić information content (AvgIpc) is 2.90. The van der Waals surface area contributed by atoms with E-state index in [9.17, 15) is 13.6 Å². The molecule has 0 spiro atoms. The first-order chi connectivity index (χ1) is 17.9. The molecular weight excluding hydrogens is 504 g/mol. The van der Waals surface area contributed by atoms with Crippen LogP contribution in [0.15, 0.2) is 48.7 Å². The number of carbonyl (C=O) groups is 1. The van der Waals surface area contributed by atoms with E-state index in [-0.39, 0.29) is 28.3 Å². The molecule has 1 aliphatic heterocycles. The fourth-order valence-electron chi connectivity index (χ4n) is 3.89. The number of likely N-dealkylation sites (tertiary alicyclic amines) is 1. The Kier molecular flexibility index (Phi) is 9.08. The lowest BCUT2D eigenvalue weighted by molar-refractivity contribution is 0.203. The van der Waals surface area contributed by atoms with E-state index in [0.717, 1.165) is 37.0 Å². The second-order valence-corrected chi connectivity index (χ2v) is 9.05. The van der Waals surface area contributed by atoms with Crippen LogP contribution in [0.25, 0.3) is 0 Å². The third-order valence-corrected chi connectivity index (χ3v) is 6.10. The van der Waals surface area contributed by atoms with Crippen LogP contribution >= 0.6 is 11.6 Å². The predicted octanol–water partition coefficient (Wildman–Crippen LogP) is 6.04. The number of rotatable bonds is 9. The van der Waals surface area contributed by atoms with Gasteiger partial charge in [-0.25, -0.2) is 18.6 Å². The lowest BCUT2D eigenvalue weighted by Gasteiger charge is -2.26. The van der Waals surface area contributed by atoms with E-state index in [0.29, 0.717) is 12.3 Å². The molecule has 1 aromatic heterocycles. The topological polar surface area (TPSA) is 79.8 Å². The highest BCUT2D eigenvalue weighted by atomic mass is 35.5. The molecule has 1 amide bonds. The molecule has 4 rings (SSSR count). The van der Waals surface area contributed by atoms with Gasteiger partial charge in [0.25, 0.3) is 0 Å². The molecule has 1 fully saturated rings. The number of nitrogens with zero attached hydrogens (tertiary/aromatic N) is 4. The zero-order valence-electron chi connectivity index (χ0n) is 20.4. The minimum absolute atomic E-state index is 0.126. The number of halogens is 3. The number of piperidine rings is 1. The molecule has 3 aromatic rings. The Morgan fingerprint density at radius 1 is 1.08 bits per heavy atom. The van der Waals surface area contributed by atoms with Crippen molar-refractivity contribution < 1.29 is 23.0 Å². The molecule has 2 heterocycles. The summed E-state index contributed by atoms with van der Waals surface area (Å²) in [4.78, 5) is 24.3. The van der Waals surface area contributed by atoms with Crippen LogP contribution in [-0.2, 0) is 0 Å². The first-order valence-electron chi connectivity index (χ1n) is 12.0. The van der Waals surface area contributed by atoms with Gasteiger partial charge in [-0.1, -0.05) is 18.0 Å². The van der Waals surface area contributed by atoms with Crippen molar-refractivity contribution in [1.82, 2.24) is 14.9 Å². The van der Waals surface area contributed by atoms with Crippen molar-refractivity contribution in [1.29, 1.82) is 0 Å². The van der Waals surface area contributed by atoms with Gasteiger partial charge in [0.15, 0.2) is 23.1 Å². The van der Waals surface area contributed by atoms with Gasteiger partial charge < -0.3 is 19.7 Å². The van der Waals surface area contributed by atoms with E-state index in [1.165, 1.54) is 56.8 Å². The number of amides is 1. The molecule has 37 heavy (non-hydrogen) atoms. The zero-order chi connectivity index (χ0) is 26.2. The van der Waals surface area contributed by atoms with E-state index in [1.54, 1.807) is 12.1 Å². The highest BCUT2D eigenvalue weighted by Crippen LogP contribution is 2.25. The summed E-state index contributed by atoms with van der Waals surface area (Å²) in [6.45, 7) is 3.63. The van der Waals surface area contributed by atoms with Gasteiger partial charge in [-0.15, -0.1) is 0 Å². The predicted molar refractivity (Wildman–Crippen MR) is 138 cm³/mol. The van der Waals surface area contributed by atoms with Crippen molar-refractivity contribution in [2.45, 2.75) is 25.7 Å². The van der Waals surface area contributed by atoms with Crippen LogP contribution in [0.2, 0.25) is 5.02 Å². The van der Waals surface area contributed by atoms with E-state index >= 15 is 0 Å². The number of carbonyl (C=O) groups excluding carboxylic acids is 1. The molecule has 1 saturated heterocycles. The number of aromatic nitrogens is 2. The number of hydrogen-bond donors (Lipinski definition) is 1. The molecule has 0 aliphatic carbocycles. The smallest absolute Gasteiger partial charge is 0.420 e. The zero-order valence-corrected chi connectivity index (χ0v) is 21.2. The van der Waals surface area contributed by atoms with Crippen molar-refractivity contribution in [3.63, 3.8) is 0 Å². The molecule has 1 aliphatic rings. The average molecular weight is 532 g/mol. The Labute approximate surface area is 219 Å². The van der Waals surface area contributed by atoms with Gasteiger partial charge in [0, 0.05) is 42.6 Å². The lowest BCUT2D eigenvalue weighted by Crippen LogP contribution is -2.31. The van der Waals surface area contributed by atoms with Crippen LogP contribution < -0.4 is 19.7 Å². The first kappa shape index (κ1) is 26.6. The Balaban J connectivity index is 1.32. The Morgan fingerprint density at radius 2 is 1.89 bits per heavy atom. The van der Waals surface area contributed by atoms with Crippen LogP contribution in [0.5, 0.6) is 11.5 Å². The van der Waals surface area contributed by atoms with Crippen molar-refractivity contribution >= 4 is 35.1 Å². The fourth-order valence-corrected chi connectivity index (χ4v) is 4.05. The summed E-state index contributed by atoms with van der Waals surface area (Å²) < 4.78 is 39.2. The maximum atomic E-state index is 14.6. The molecule has 1 N–H and O–H groups in total. The van der Waals surface area contributed by atoms with Crippen molar-refractivity contribution in [3.05, 3.63) is 65.3 Å². The first-order valence-corrected chi connectivity index (χ1v) is 12.4. The fraction of sp³-hybridized carbons (Fsp3) is 0.346. The normalized spacial score (nSPS) is 13.7. The minimum Gasteiger partial charge on any atom is -0.490 e. The third kappa shape index (κ3) is 7.50. The highest BCUT2D eigenvalue weighted by Gasteiger charge is 2.18. The van der Waals surface area contributed by atoms with Gasteiger partial charge in [-0.2, -0.15) is 4.98 Å². The largest absolute Gasteiger partial charge is 0.490 e. The molecule has 196 valence electrons. The maximum Gasteiger partial charge on any atom is 0.420 e. The van der Waals surface area contributed by atoms with Gasteiger partial charge in [0.05, 0.1) is 6.61 Å². The van der Waals surface area contributed by atoms with Gasteiger partial charge in [0.1, 0.15) is 5.82 Å². The molecular formula is C26H28ClF2N5O3. The summed E-state index contributed by atoms with van der Waals surface area (Å²) in [6, 6.07) is 9.61. The molecule has 0 bridgehead atoms. The summed E-state index contributed by atoms with van der Waals surface area (Å²) in [5, 5.41) is 3.13. The van der Waals surface area contributed by atoms with Gasteiger partial charge in [-0.05, 0) is 62.7 Å². The molecule has 0 unspecified atom stereocenters. The molecule has 0 atom stereocenters. The maximum absolute atomic E-state index is 14.6. The van der Waals surface area contributed by atoms with Crippen LogP contribution in [0, 0.1) is 11.6 Å². The standard InChI is InChI=1S/C26H28ClF2N5O3/c1-33(26(35)37-23-16-18(27)6-8-20(23)28)24-10-11-30-25(32-24)31-19-7-9-22(21(29)17-19)36-15-5-14-34-12-3-2-4-13-34/h6-11,16-17H,2-5,12-15H2,1H3,(H,30,31,32). The summed E-state index contributed by atoms with van der Waals surface area (Å²) in [5.74, 6) is -1.06. The van der Waals surface area contributed by atoms with Gasteiger partial charge >= 0.3 is 6.09 Å². The van der Waals surface area contributed by atoms with Gasteiger partial charge in [0.2, 0.25) is 5.95 Å². The minimum atomic E-state index is -0.876. The quantitative estimate of drug-likeness (QED) is 0.337. The Bertz CT molecular complexity index is 1230. The van der Waals surface area contributed by atoms with Crippen molar-refractivity contribution in [2.24, 2.45) is 0 Å². The third-order valence-electron chi connectivity index (χ3n) is 5.86. The summed E-state index contributed by atoms with van der Waals surface area (Å²) in [5.41, 5.74) is 0.404. The lowest BCUT2D eigenvalue weighted by atomic mass is 10.1. The number of benzene rings is 2. The van der Waals surface area contributed by atoms with E-state index in [4.69, 9.17) is 21.1 Å². The molecule has 11 heteroatoms. The molecule has 2 aromatic carbocycles. The molecule has 0 radical (unpaired) electrons. The molecule has 0 saturated carbocycles. The Hall–Kier alpha value is -3.50. The van der Waals surface area contributed by atoms with Crippen LogP contribution in [0.4, 0.5) is 31.0 Å². The summed E-state index contributed by atoms with van der Waals surface area (Å²) in [7, 11) is 1.41. The van der Waals surface area contributed by atoms with Crippen molar-refractivity contribution in [3.8, 4) is 11.5 Å². The summed E-state index contributed by atoms with van der Waals surface area (Å²) >= 11 is 5.84. The SMILES string of the molecule is CN(C(=O)Oc1cc(Cl)ccc1F)c1ccnc(Nc2ccc(OCCCN3CCCCC3)c(F)c2)n1. The molecule has 8 nitrogen and oxygen atoms in total. The van der Waals surface area contributed by atoms with Crippen LogP contribution in [0.3, 0.4) is 0 Å². The number of ether oxygens (including phenoxy) is 2. The van der Waals surface area contributed by atoms with Crippen molar-refractivity contribution in [2.75, 3.05) is 43.5 Å². The van der Waals surface area contributed by atoms with Crippen LogP contribution in [0.1, 0.15) is 25.7 Å². The second-order valence-electron chi connectivity index (χ2n) is 8.61. The van der Waals surface area contributed by atoms with E-state index in [1.807, 2.05) is 0 Å². The monoisotopic (exact) mass is 531 g/mol. The number of hydrogen-bond acceptors (Lipinski definition) is 7. The van der Waals surface area contributed by atoms with E-state index in [2.05, 4.69) is 20.2 Å². The number of anilines is 3. The van der Waals surface area contributed by atoms with Gasteiger partial charge in [-0.3, -0.25) is 4.90 Å². The Morgan fingerprint density at radius 3 is 2.68 bits per heavy atom.